The van der Waals surface area contributed by atoms with Gasteiger partial charge in [0.05, 0.1) is 31.5 Å². The highest BCUT2D eigenvalue weighted by Crippen LogP contribution is 2.45. The minimum absolute atomic E-state index is 0.00174. The Balaban J connectivity index is 1.78. The third-order valence-corrected chi connectivity index (χ3v) is 5.40. The fourth-order valence-electron chi connectivity index (χ4n) is 3.83. The number of nitrogens with zero attached hydrogens (tertiary/aromatic N) is 1. The van der Waals surface area contributed by atoms with E-state index in [0.717, 1.165) is 5.56 Å². The number of hydrogen-bond donors (Lipinski definition) is 0. The Morgan fingerprint density at radius 1 is 1.03 bits per heavy atom. The third kappa shape index (κ3) is 4.14. The highest BCUT2D eigenvalue weighted by molar-refractivity contribution is 6.10. The van der Waals surface area contributed by atoms with Crippen molar-refractivity contribution in [3.63, 3.8) is 0 Å². The van der Waals surface area contributed by atoms with E-state index >= 15 is 0 Å². The first-order valence-corrected chi connectivity index (χ1v) is 10.1. The quantitative estimate of drug-likeness (QED) is 0.543. The van der Waals surface area contributed by atoms with Crippen LogP contribution in [0, 0.1) is 5.82 Å². The van der Waals surface area contributed by atoms with Crippen molar-refractivity contribution >= 4 is 17.6 Å². The number of anilines is 1. The Morgan fingerprint density at radius 3 is 2.41 bits per heavy atom. The molecule has 0 bridgehead atoms. The van der Waals surface area contributed by atoms with Gasteiger partial charge in [-0.1, -0.05) is 42.5 Å². The van der Waals surface area contributed by atoms with Crippen LogP contribution < -0.4 is 14.4 Å². The zero-order chi connectivity index (χ0) is 22.7. The fraction of sp³-hybridized carbons (Fsp3) is 0.200. The number of carbonyl (C=O) groups is 2. The Hall–Kier alpha value is -3.87. The zero-order valence-corrected chi connectivity index (χ0v) is 17.7. The van der Waals surface area contributed by atoms with E-state index in [1.807, 2.05) is 30.3 Å². The number of halogens is 1. The predicted octanol–water partition coefficient (Wildman–Crippen LogP) is 5.31. The molecule has 0 unspecified atom stereocenters. The maximum absolute atomic E-state index is 13.5. The summed E-state index contributed by atoms with van der Waals surface area (Å²) in [6.45, 7) is 0.0662. The number of methoxy groups -OCH3 is 2. The van der Waals surface area contributed by atoms with Gasteiger partial charge in [-0.25, -0.2) is 9.18 Å². The Labute approximate surface area is 185 Å². The van der Waals surface area contributed by atoms with Gasteiger partial charge >= 0.3 is 6.09 Å². The van der Waals surface area contributed by atoms with Crippen LogP contribution in [0.5, 0.6) is 11.5 Å². The molecule has 0 saturated carbocycles. The summed E-state index contributed by atoms with van der Waals surface area (Å²) in [6.07, 6.45) is -0.630. The second kappa shape index (κ2) is 9.09. The highest BCUT2D eigenvalue weighted by Gasteiger charge is 2.39. The van der Waals surface area contributed by atoms with Crippen molar-refractivity contribution < 1.29 is 28.2 Å². The number of Topliss-reactive ketones (excluding diaryl/α,β-unsaturated/α-hetero) is 1. The van der Waals surface area contributed by atoms with Crippen LogP contribution in [0.4, 0.5) is 14.9 Å². The molecule has 0 aromatic heterocycles. The van der Waals surface area contributed by atoms with Gasteiger partial charge in [0.2, 0.25) is 0 Å². The molecule has 1 amide bonds. The number of fused-ring (bicyclic) bond motifs is 1. The summed E-state index contributed by atoms with van der Waals surface area (Å²) in [4.78, 5) is 27.8. The molecule has 3 aromatic rings. The molecule has 0 fully saturated rings. The Kier molecular flexibility index (Phi) is 6.07. The van der Waals surface area contributed by atoms with Crippen molar-refractivity contribution in [2.45, 2.75) is 19.1 Å². The van der Waals surface area contributed by atoms with E-state index in [2.05, 4.69) is 0 Å². The van der Waals surface area contributed by atoms with E-state index in [0.29, 0.717) is 22.7 Å². The summed E-state index contributed by atoms with van der Waals surface area (Å²) in [5.74, 6) is 0.135. The normalized spacial score (nSPS) is 15.2. The van der Waals surface area contributed by atoms with Gasteiger partial charge in [-0.05, 0) is 23.3 Å². The first kappa shape index (κ1) is 21.4. The SMILES string of the molecule is COc1cc(OC)c2c(c1)N(C(=O)OCc1ccccc1)[C@@H](c1ccc(F)cc1)CC2=O. The smallest absolute Gasteiger partial charge is 0.415 e. The molecular formula is C25H22FNO5. The molecule has 0 radical (unpaired) electrons. The molecule has 7 heteroatoms. The molecule has 32 heavy (non-hydrogen) atoms. The summed E-state index contributed by atoms with van der Waals surface area (Å²) in [5.41, 5.74) is 2.05. The monoisotopic (exact) mass is 435 g/mol. The predicted molar refractivity (Wildman–Crippen MR) is 117 cm³/mol. The summed E-state index contributed by atoms with van der Waals surface area (Å²) in [6, 6.07) is 17.6. The van der Waals surface area contributed by atoms with Crippen LogP contribution in [0.25, 0.3) is 0 Å². The molecule has 1 aliphatic rings. The summed E-state index contributed by atoms with van der Waals surface area (Å²) >= 11 is 0. The second-order valence-corrected chi connectivity index (χ2v) is 7.33. The number of ether oxygens (including phenoxy) is 3. The van der Waals surface area contributed by atoms with Crippen LogP contribution >= 0.6 is 0 Å². The van der Waals surface area contributed by atoms with Crippen molar-refractivity contribution in [2.24, 2.45) is 0 Å². The average Bonchev–Trinajstić information content (AvgIpc) is 2.82. The van der Waals surface area contributed by atoms with E-state index in [1.165, 1.54) is 31.3 Å². The van der Waals surface area contributed by atoms with Gasteiger partial charge in [-0.15, -0.1) is 0 Å². The molecule has 0 N–H and O–H groups in total. The largest absolute Gasteiger partial charge is 0.497 e. The lowest BCUT2D eigenvalue weighted by Crippen LogP contribution is -2.40. The molecular weight excluding hydrogens is 413 g/mol. The molecule has 1 heterocycles. The van der Waals surface area contributed by atoms with Gasteiger partial charge < -0.3 is 14.2 Å². The van der Waals surface area contributed by atoms with E-state index in [1.54, 1.807) is 24.3 Å². The number of rotatable bonds is 5. The average molecular weight is 435 g/mol. The fourth-order valence-corrected chi connectivity index (χ4v) is 3.83. The molecule has 0 spiro atoms. The van der Waals surface area contributed by atoms with Crippen LogP contribution in [0.2, 0.25) is 0 Å². The molecule has 4 rings (SSSR count). The summed E-state index contributed by atoms with van der Waals surface area (Å²) in [7, 11) is 2.94. The van der Waals surface area contributed by atoms with Gasteiger partial charge in [-0.2, -0.15) is 0 Å². The summed E-state index contributed by atoms with van der Waals surface area (Å²) < 4.78 is 29.9. The molecule has 1 aliphatic heterocycles. The van der Waals surface area contributed by atoms with Crippen molar-refractivity contribution in [1.82, 2.24) is 0 Å². The molecule has 0 saturated heterocycles. The standard InChI is InChI=1S/C25H22FNO5/c1-30-19-12-21-24(23(13-19)31-2)22(28)14-20(17-8-10-18(26)11-9-17)27(21)25(29)32-15-16-6-4-3-5-7-16/h3-13,20H,14-15H2,1-2H3/t20-/m1/s1. The van der Waals surface area contributed by atoms with Gasteiger partial charge in [-0.3, -0.25) is 9.69 Å². The lowest BCUT2D eigenvalue weighted by atomic mass is 9.90. The number of benzene rings is 3. The van der Waals surface area contributed by atoms with E-state index < -0.39 is 18.0 Å². The topological polar surface area (TPSA) is 65.1 Å². The maximum atomic E-state index is 13.5. The third-order valence-electron chi connectivity index (χ3n) is 5.40. The van der Waals surface area contributed by atoms with E-state index in [-0.39, 0.29) is 24.4 Å². The molecule has 3 aromatic carbocycles. The van der Waals surface area contributed by atoms with Crippen molar-refractivity contribution in [2.75, 3.05) is 19.1 Å². The van der Waals surface area contributed by atoms with Crippen LogP contribution in [0.1, 0.15) is 33.9 Å². The van der Waals surface area contributed by atoms with Crippen LogP contribution in [-0.2, 0) is 11.3 Å². The minimum Gasteiger partial charge on any atom is -0.497 e. The second-order valence-electron chi connectivity index (χ2n) is 7.33. The van der Waals surface area contributed by atoms with Crippen molar-refractivity contribution in [3.8, 4) is 11.5 Å². The van der Waals surface area contributed by atoms with Gasteiger partial charge in [0.1, 0.15) is 23.9 Å². The van der Waals surface area contributed by atoms with E-state index in [4.69, 9.17) is 14.2 Å². The number of amides is 1. The molecule has 0 aliphatic carbocycles. The lowest BCUT2D eigenvalue weighted by Gasteiger charge is -2.36. The van der Waals surface area contributed by atoms with Crippen LogP contribution in [0.3, 0.4) is 0 Å². The number of carbonyl (C=O) groups excluding carboxylic acids is 2. The van der Waals surface area contributed by atoms with Gasteiger partial charge in [0, 0.05) is 18.6 Å². The molecule has 164 valence electrons. The Bertz CT molecular complexity index is 1130. The van der Waals surface area contributed by atoms with E-state index in [9.17, 15) is 14.0 Å². The van der Waals surface area contributed by atoms with Crippen LogP contribution in [-0.4, -0.2) is 26.1 Å². The van der Waals surface area contributed by atoms with Gasteiger partial charge in [0.25, 0.3) is 0 Å². The number of hydrogen-bond acceptors (Lipinski definition) is 5. The van der Waals surface area contributed by atoms with Crippen molar-refractivity contribution in [1.29, 1.82) is 0 Å². The minimum atomic E-state index is -0.671. The van der Waals surface area contributed by atoms with Crippen molar-refractivity contribution in [3.05, 3.63) is 89.2 Å². The first-order valence-electron chi connectivity index (χ1n) is 10.1. The van der Waals surface area contributed by atoms with Crippen LogP contribution in [0.15, 0.2) is 66.7 Å². The summed E-state index contributed by atoms with van der Waals surface area (Å²) in [5, 5.41) is 0. The Morgan fingerprint density at radius 2 is 1.75 bits per heavy atom. The maximum Gasteiger partial charge on any atom is 0.415 e. The zero-order valence-electron chi connectivity index (χ0n) is 17.7. The molecule has 6 nitrogen and oxygen atoms in total. The first-order chi connectivity index (χ1) is 15.5. The number of ketones is 1. The van der Waals surface area contributed by atoms with Gasteiger partial charge in [0.15, 0.2) is 5.78 Å². The highest BCUT2D eigenvalue weighted by atomic mass is 19.1. The molecule has 1 atom stereocenters. The lowest BCUT2D eigenvalue weighted by molar-refractivity contribution is 0.0957.